The molecule has 0 spiro atoms. The van der Waals surface area contributed by atoms with Crippen molar-refractivity contribution in [1.29, 1.82) is 0 Å². The van der Waals surface area contributed by atoms with Crippen LogP contribution < -0.4 is 0 Å². The van der Waals surface area contributed by atoms with Crippen LogP contribution in [0.5, 0.6) is 0 Å². The van der Waals surface area contributed by atoms with Crippen molar-refractivity contribution < 1.29 is 14.6 Å². The van der Waals surface area contributed by atoms with Crippen molar-refractivity contribution >= 4 is 0 Å². The molecule has 0 saturated carbocycles. The Morgan fingerprint density at radius 3 is 2.00 bits per heavy atom. The highest BCUT2D eigenvalue weighted by atomic mass is 16.7. The van der Waals surface area contributed by atoms with Crippen molar-refractivity contribution in [2.45, 2.75) is 96.9 Å². The zero-order valence-electron chi connectivity index (χ0n) is 14.2. The maximum absolute atomic E-state index is 10.1. The molecule has 2 unspecified atom stereocenters. The Hall–Kier alpha value is -0.120. The van der Waals surface area contributed by atoms with Gasteiger partial charge in [-0.15, -0.1) is 0 Å². The van der Waals surface area contributed by atoms with Gasteiger partial charge in [0.1, 0.15) is 0 Å². The van der Waals surface area contributed by atoms with E-state index in [1.54, 1.807) is 0 Å². The minimum atomic E-state index is -0.197. The normalized spacial score (nSPS) is 19.0. The maximum Gasteiger partial charge on any atom is 0.160 e. The number of hydrogen-bond donors (Lipinski definition) is 1. The lowest BCUT2D eigenvalue weighted by atomic mass is 9.98. The Morgan fingerprint density at radius 2 is 1.43 bits per heavy atom. The molecule has 1 aliphatic heterocycles. The van der Waals surface area contributed by atoms with Crippen LogP contribution in [-0.4, -0.2) is 30.7 Å². The Kier molecular flexibility index (Phi) is 11.2. The smallest absolute Gasteiger partial charge is 0.160 e. The van der Waals surface area contributed by atoms with Crippen LogP contribution in [0.15, 0.2) is 0 Å². The molecule has 21 heavy (non-hydrogen) atoms. The average Bonchev–Trinajstić information content (AvgIpc) is 3.00. The van der Waals surface area contributed by atoms with E-state index in [0.717, 1.165) is 19.3 Å². The molecule has 0 aliphatic carbocycles. The molecule has 126 valence electrons. The molecule has 1 heterocycles. The molecular weight excluding hydrogens is 264 g/mol. The van der Waals surface area contributed by atoms with Crippen LogP contribution in [0.3, 0.4) is 0 Å². The molecule has 0 radical (unpaired) electrons. The van der Waals surface area contributed by atoms with E-state index >= 15 is 0 Å². The van der Waals surface area contributed by atoms with Crippen LogP contribution in [0.25, 0.3) is 0 Å². The zero-order valence-corrected chi connectivity index (χ0v) is 14.2. The summed E-state index contributed by atoms with van der Waals surface area (Å²) in [6.45, 7) is 5.76. The number of aliphatic hydroxyl groups excluding tert-OH is 1. The largest absolute Gasteiger partial charge is 0.393 e. The van der Waals surface area contributed by atoms with Gasteiger partial charge in [-0.1, -0.05) is 71.6 Å². The first kappa shape index (κ1) is 18.9. The van der Waals surface area contributed by atoms with Crippen molar-refractivity contribution in [3.8, 4) is 0 Å². The summed E-state index contributed by atoms with van der Waals surface area (Å²) in [5.41, 5.74) is 0. The van der Waals surface area contributed by atoms with Crippen molar-refractivity contribution in [3.05, 3.63) is 0 Å². The standard InChI is InChI=1S/C18H36O3/c1-3-4-5-6-7-8-9-10-11-12-17(19)15-16(2)18-20-13-14-21-18/h16-19H,3-15H2,1-2H3. The molecule has 3 heteroatoms. The first-order valence-corrected chi connectivity index (χ1v) is 9.15. The van der Waals surface area contributed by atoms with Crippen molar-refractivity contribution in [1.82, 2.24) is 0 Å². The maximum atomic E-state index is 10.1. The van der Waals surface area contributed by atoms with Crippen LogP contribution in [0, 0.1) is 5.92 Å². The Morgan fingerprint density at radius 1 is 0.905 bits per heavy atom. The second-order valence-corrected chi connectivity index (χ2v) is 6.59. The summed E-state index contributed by atoms with van der Waals surface area (Å²) in [6, 6.07) is 0. The van der Waals surface area contributed by atoms with Gasteiger partial charge >= 0.3 is 0 Å². The third-order valence-electron chi connectivity index (χ3n) is 4.40. The van der Waals surface area contributed by atoms with Crippen molar-refractivity contribution in [2.24, 2.45) is 5.92 Å². The molecule has 1 aliphatic rings. The molecule has 2 atom stereocenters. The van der Waals surface area contributed by atoms with Gasteiger partial charge in [-0.05, 0) is 12.8 Å². The summed E-state index contributed by atoms with van der Waals surface area (Å²) in [5, 5.41) is 10.1. The second-order valence-electron chi connectivity index (χ2n) is 6.59. The molecule has 1 fully saturated rings. The third kappa shape index (κ3) is 9.49. The molecule has 0 aromatic rings. The van der Waals surface area contributed by atoms with E-state index in [1.807, 2.05) is 0 Å². The Bertz CT molecular complexity index is 227. The number of aliphatic hydroxyl groups is 1. The van der Waals surface area contributed by atoms with Gasteiger partial charge in [0.05, 0.1) is 19.3 Å². The van der Waals surface area contributed by atoms with Gasteiger partial charge in [0.15, 0.2) is 6.29 Å². The molecule has 0 amide bonds. The van der Waals surface area contributed by atoms with Crippen LogP contribution in [-0.2, 0) is 9.47 Å². The monoisotopic (exact) mass is 300 g/mol. The van der Waals surface area contributed by atoms with Crippen molar-refractivity contribution in [3.63, 3.8) is 0 Å². The van der Waals surface area contributed by atoms with E-state index in [0.29, 0.717) is 19.1 Å². The first-order valence-electron chi connectivity index (χ1n) is 9.15. The van der Waals surface area contributed by atoms with E-state index in [-0.39, 0.29) is 12.4 Å². The van der Waals surface area contributed by atoms with Crippen LogP contribution in [0.2, 0.25) is 0 Å². The highest BCUT2D eigenvalue weighted by molar-refractivity contribution is 4.67. The van der Waals surface area contributed by atoms with Gasteiger partial charge < -0.3 is 14.6 Å². The van der Waals surface area contributed by atoms with Gasteiger partial charge in [-0.25, -0.2) is 0 Å². The van der Waals surface area contributed by atoms with Crippen molar-refractivity contribution in [2.75, 3.05) is 13.2 Å². The fraction of sp³-hybridized carbons (Fsp3) is 1.00. The van der Waals surface area contributed by atoms with Gasteiger partial charge in [0, 0.05) is 5.92 Å². The van der Waals surface area contributed by atoms with E-state index in [4.69, 9.17) is 9.47 Å². The van der Waals surface area contributed by atoms with Gasteiger partial charge in [0.2, 0.25) is 0 Å². The Labute approximate surface area is 131 Å². The average molecular weight is 300 g/mol. The Balaban J connectivity index is 1.87. The van der Waals surface area contributed by atoms with Crippen LogP contribution in [0.4, 0.5) is 0 Å². The summed E-state index contributed by atoms with van der Waals surface area (Å²) in [4.78, 5) is 0. The lowest BCUT2D eigenvalue weighted by molar-refractivity contribution is -0.0886. The molecular formula is C18H36O3. The fourth-order valence-electron chi connectivity index (χ4n) is 3.05. The third-order valence-corrected chi connectivity index (χ3v) is 4.40. The summed E-state index contributed by atoms with van der Waals surface area (Å²) in [7, 11) is 0. The van der Waals surface area contributed by atoms with E-state index in [9.17, 15) is 5.11 Å². The molecule has 0 aromatic carbocycles. The van der Waals surface area contributed by atoms with Gasteiger partial charge in [-0.2, -0.15) is 0 Å². The highest BCUT2D eigenvalue weighted by Gasteiger charge is 2.24. The van der Waals surface area contributed by atoms with Crippen LogP contribution >= 0.6 is 0 Å². The first-order chi connectivity index (χ1) is 10.2. The molecule has 1 rings (SSSR count). The quantitative estimate of drug-likeness (QED) is 0.502. The summed E-state index contributed by atoms with van der Waals surface area (Å²) in [5.74, 6) is 0.293. The van der Waals surface area contributed by atoms with Gasteiger partial charge in [-0.3, -0.25) is 0 Å². The van der Waals surface area contributed by atoms with E-state index < -0.39 is 0 Å². The number of unbranched alkanes of at least 4 members (excludes halogenated alkanes) is 8. The summed E-state index contributed by atoms with van der Waals surface area (Å²) < 4.78 is 11.0. The molecule has 1 N–H and O–H groups in total. The second kappa shape index (κ2) is 12.4. The fourth-order valence-corrected chi connectivity index (χ4v) is 3.05. The van der Waals surface area contributed by atoms with E-state index in [2.05, 4.69) is 13.8 Å². The minimum absolute atomic E-state index is 0.0947. The number of rotatable bonds is 13. The lowest BCUT2D eigenvalue weighted by Crippen LogP contribution is -2.23. The number of ether oxygens (including phenoxy) is 2. The summed E-state index contributed by atoms with van der Waals surface area (Å²) in [6.07, 6.45) is 13.4. The molecule has 1 saturated heterocycles. The predicted octanol–water partition coefficient (Wildman–Crippen LogP) is 4.67. The lowest BCUT2D eigenvalue weighted by Gasteiger charge is -2.20. The zero-order chi connectivity index (χ0) is 15.3. The predicted molar refractivity (Wildman–Crippen MR) is 87.3 cm³/mol. The molecule has 3 nitrogen and oxygen atoms in total. The molecule has 0 bridgehead atoms. The SMILES string of the molecule is CCCCCCCCCCCC(O)CC(C)C1OCCO1. The topological polar surface area (TPSA) is 38.7 Å². The van der Waals surface area contributed by atoms with E-state index in [1.165, 1.54) is 51.4 Å². The van der Waals surface area contributed by atoms with Crippen LogP contribution in [0.1, 0.15) is 84.5 Å². The highest BCUT2D eigenvalue weighted by Crippen LogP contribution is 2.21. The number of hydrogen-bond acceptors (Lipinski definition) is 3. The summed E-state index contributed by atoms with van der Waals surface area (Å²) >= 11 is 0. The van der Waals surface area contributed by atoms with Gasteiger partial charge in [0.25, 0.3) is 0 Å². The molecule has 0 aromatic heterocycles. The minimum Gasteiger partial charge on any atom is -0.393 e.